The molecule has 0 amide bonds. The van der Waals surface area contributed by atoms with Crippen molar-refractivity contribution < 1.29 is 4.74 Å². The second-order valence-electron chi connectivity index (χ2n) is 7.53. The summed E-state index contributed by atoms with van der Waals surface area (Å²) in [6.07, 6.45) is 0. The van der Waals surface area contributed by atoms with Crippen LogP contribution in [0, 0.1) is 0 Å². The number of benzene rings is 1. The molecule has 0 N–H and O–H groups in total. The van der Waals surface area contributed by atoms with Crippen LogP contribution in [0.4, 0.5) is 5.69 Å². The molecule has 116 valence electrons. The molecule has 3 heteroatoms. The van der Waals surface area contributed by atoms with E-state index in [-0.39, 0.29) is 5.41 Å². The van der Waals surface area contributed by atoms with E-state index in [4.69, 9.17) is 4.74 Å². The van der Waals surface area contributed by atoms with Crippen LogP contribution >= 0.6 is 0 Å². The van der Waals surface area contributed by atoms with Gasteiger partial charge in [-0.05, 0) is 30.0 Å². The van der Waals surface area contributed by atoms with E-state index in [1.807, 2.05) is 0 Å². The van der Waals surface area contributed by atoms with E-state index >= 15 is 0 Å². The van der Waals surface area contributed by atoms with E-state index in [2.05, 4.69) is 61.8 Å². The number of rotatable bonds is 2. The minimum Gasteiger partial charge on any atom is -0.378 e. The Kier molecular flexibility index (Phi) is 3.98. The SMILES string of the molecule is CC1CN(C2COC2)CCN1c1ccc(C(C)(C)C)cc1. The Morgan fingerprint density at radius 1 is 1.05 bits per heavy atom. The zero-order valence-electron chi connectivity index (χ0n) is 13.8. The molecule has 2 heterocycles. The fraction of sp³-hybridized carbons (Fsp3) is 0.667. The number of hydrogen-bond donors (Lipinski definition) is 0. The Hall–Kier alpha value is -1.06. The van der Waals surface area contributed by atoms with E-state index < -0.39 is 0 Å². The summed E-state index contributed by atoms with van der Waals surface area (Å²) in [4.78, 5) is 5.14. The summed E-state index contributed by atoms with van der Waals surface area (Å²) in [5, 5.41) is 0. The van der Waals surface area contributed by atoms with Crippen LogP contribution in [0.2, 0.25) is 0 Å². The van der Waals surface area contributed by atoms with Crippen LogP contribution in [-0.2, 0) is 10.2 Å². The molecule has 0 bridgehead atoms. The summed E-state index contributed by atoms with van der Waals surface area (Å²) in [6.45, 7) is 14.4. The van der Waals surface area contributed by atoms with Gasteiger partial charge in [-0.1, -0.05) is 32.9 Å². The van der Waals surface area contributed by atoms with Gasteiger partial charge >= 0.3 is 0 Å². The maximum Gasteiger partial charge on any atom is 0.0645 e. The first-order chi connectivity index (χ1) is 9.95. The first-order valence-electron chi connectivity index (χ1n) is 8.14. The van der Waals surface area contributed by atoms with Gasteiger partial charge in [0.05, 0.1) is 19.3 Å². The molecule has 3 nitrogen and oxygen atoms in total. The van der Waals surface area contributed by atoms with Crippen molar-refractivity contribution in [3.8, 4) is 0 Å². The second-order valence-corrected chi connectivity index (χ2v) is 7.53. The van der Waals surface area contributed by atoms with Gasteiger partial charge in [-0.2, -0.15) is 0 Å². The highest BCUT2D eigenvalue weighted by atomic mass is 16.5. The molecule has 0 radical (unpaired) electrons. The monoisotopic (exact) mass is 288 g/mol. The molecule has 0 spiro atoms. The molecule has 3 rings (SSSR count). The Bertz CT molecular complexity index is 473. The van der Waals surface area contributed by atoms with Crippen molar-refractivity contribution in [1.29, 1.82) is 0 Å². The van der Waals surface area contributed by atoms with Crippen LogP contribution in [-0.4, -0.2) is 49.8 Å². The molecule has 0 saturated carbocycles. The minimum absolute atomic E-state index is 0.229. The van der Waals surface area contributed by atoms with Gasteiger partial charge < -0.3 is 9.64 Å². The number of anilines is 1. The van der Waals surface area contributed by atoms with Crippen molar-refractivity contribution in [2.45, 2.75) is 45.2 Å². The van der Waals surface area contributed by atoms with Gasteiger partial charge in [0.15, 0.2) is 0 Å². The average molecular weight is 288 g/mol. The number of ether oxygens (including phenoxy) is 1. The molecule has 21 heavy (non-hydrogen) atoms. The van der Waals surface area contributed by atoms with E-state index in [0.29, 0.717) is 12.1 Å². The molecular weight excluding hydrogens is 260 g/mol. The molecule has 0 aromatic heterocycles. The van der Waals surface area contributed by atoms with Crippen molar-refractivity contribution >= 4 is 5.69 Å². The summed E-state index contributed by atoms with van der Waals surface area (Å²) in [5.74, 6) is 0. The molecule has 2 aliphatic rings. The molecule has 1 atom stereocenters. The number of piperazine rings is 1. The first-order valence-corrected chi connectivity index (χ1v) is 8.14. The molecule has 1 aromatic rings. The van der Waals surface area contributed by atoms with Gasteiger partial charge in [0.25, 0.3) is 0 Å². The maximum atomic E-state index is 5.32. The Labute approximate surface area is 128 Å². The predicted molar refractivity (Wildman–Crippen MR) is 88.1 cm³/mol. The Balaban J connectivity index is 1.67. The fourth-order valence-corrected chi connectivity index (χ4v) is 3.29. The topological polar surface area (TPSA) is 15.7 Å². The van der Waals surface area contributed by atoms with Gasteiger partial charge in [0.1, 0.15) is 0 Å². The third-order valence-electron chi connectivity index (χ3n) is 4.86. The lowest BCUT2D eigenvalue weighted by molar-refractivity contribution is -0.0691. The lowest BCUT2D eigenvalue weighted by Crippen LogP contribution is -2.59. The third kappa shape index (κ3) is 3.09. The molecule has 2 fully saturated rings. The maximum absolute atomic E-state index is 5.32. The molecule has 1 unspecified atom stereocenters. The highest BCUT2D eigenvalue weighted by molar-refractivity contribution is 5.50. The molecular formula is C18H28N2O. The summed E-state index contributed by atoms with van der Waals surface area (Å²) in [7, 11) is 0. The smallest absolute Gasteiger partial charge is 0.0645 e. The molecule has 1 aromatic carbocycles. The van der Waals surface area contributed by atoms with Crippen molar-refractivity contribution in [3.05, 3.63) is 29.8 Å². The number of nitrogens with zero attached hydrogens (tertiary/aromatic N) is 2. The predicted octanol–water partition coefficient (Wildman–Crippen LogP) is 2.89. The van der Waals surface area contributed by atoms with Gasteiger partial charge in [-0.15, -0.1) is 0 Å². The van der Waals surface area contributed by atoms with Gasteiger partial charge in [-0.3, -0.25) is 4.90 Å². The van der Waals surface area contributed by atoms with Crippen LogP contribution in [0.3, 0.4) is 0 Å². The third-order valence-corrected chi connectivity index (χ3v) is 4.86. The largest absolute Gasteiger partial charge is 0.378 e. The quantitative estimate of drug-likeness (QED) is 0.832. The molecule has 2 aliphatic heterocycles. The van der Waals surface area contributed by atoms with Crippen LogP contribution in [0.5, 0.6) is 0 Å². The Morgan fingerprint density at radius 2 is 1.71 bits per heavy atom. The van der Waals surface area contributed by atoms with Crippen molar-refractivity contribution in [3.63, 3.8) is 0 Å². The summed E-state index contributed by atoms with van der Waals surface area (Å²) in [6, 6.07) is 10.4. The van der Waals surface area contributed by atoms with E-state index in [1.165, 1.54) is 11.3 Å². The highest BCUT2D eigenvalue weighted by Gasteiger charge is 2.32. The van der Waals surface area contributed by atoms with Crippen LogP contribution in [0.1, 0.15) is 33.3 Å². The van der Waals surface area contributed by atoms with Crippen LogP contribution < -0.4 is 4.90 Å². The molecule has 0 aliphatic carbocycles. The van der Waals surface area contributed by atoms with E-state index in [0.717, 1.165) is 32.8 Å². The van der Waals surface area contributed by atoms with Crippen LogP contribution in [0.15, 0.2) is 24.3 Å². The van der Waals surface area contributed by atoms with E-state index in [1.54, 1.807) is 0 Å². The second kappa shape index (κ2) is 5.62. The lowest BCUT2D eigenvalue weighted by Gasteiger charge is -2.46. The van der Waals surface area contributed by atoms with E-state index in [9.17, 15) is 0 Å². The zero-order valence-corrected chi connectivity index (χ0v) is 13.8. The standard InChI is InChI=1S/C18H28N2O/c1-14-11-19(17-12-21-13-17)9-10-20(14)16-7-5-15(6-8-16)18(2,3)4/h5-8,14,17H,9-13H2,1-4H3. The molecule has 2 saturated heterocycles. The fourth-order valence-electron chi connectivity index (χ4n) is 3.29. The highest BCUT2D eigenvalue weighted by Crippen LogP contribution is 2.27. The average Bonchev–Trinajstić information content (AvgIpc) is 2.36. The van der Waals surface area contributed by atoms with Crippen LogP contribution in [0.25, 0.3) is 0 Å². The Morgan fingerprint density at radius 3 is 2.19 bits per heavy atom. The summed E-state index contributed by atoms with van der Waals surface area (Å²) >= 11 is 0. The summed E-state index contributed by atoms with van der Waals surface area (Å²) in [5.41, 5.74) is 3.00. The lowest BCUT2D eigenvalue weighted by atomic mass is 9.87. The van der Waals surface area contributed by atoms with Crippen molar-refractivity contribution in [1.82, 2.24) is 4.90 Å². The number of hydrogen-bond acceptors (Lipinski definition) is 3. The van der Waals surface area contributed by atoms with Gasteiger partial charge in [-0.25, -0.2) is 0 Å². The zero-order chi connectivity index (χ0) is 15.0. The normalized spacial score (nSPS) is 25.0. The van der Waals surface area contributed by atoms with Crippen molar-refractivity contribution in [2.24, 2.45) is 0 Å². The van der Waals surface area contributed by atoms with Gasteiger partial charge in [0.2, 0.25) is 0 Å². The van der Waals surface area contributed by atoms with Gasteiger partial charge in [0, 0.05) is 31.4 Å². The van der Waals surface area contributed by atoms with Crippen molar-refractivity contribution in [2.75, 3.05) is 37.7 Å². The first kappa shape index (κ1) is 14.9. The minimum atomic E-state index is 0.229. The summed E-state index contributed by atoms with van der Waals surface area (Å²) < 4.78 is 5.32.